The lowest BCUT2D eigenvalue weighted by Gasteiger charge is -2.09. The highest BCUT2D eigenvalue weighted by Crippen LogP contribution is 2.28. The first-order valence-corrected chi connectivity index (χ1v) is 5.47. The van der Waals surface area contributed by atoms with E-state index in [-0.39, 0.29) is 5.95 Å². The van der Waals surface area contributed by atoms with E-state index in [0.717, 1.165) is 5.69 Å². The van der Waals surface area contributed by atoms with Gasteiger partial charge in [-0.25, -0.2) is 0 Å². The van der Waals surface area contributed by atoms with Gasteiger partial charge < -0.3 is 21.5 Å². The van der Waals surface area contributed by atoms with E-state index in [1.54, 1.807) is 31.4 Å². The first-order chi connectivity index (χ1) is 8.58. The van der Waals surface area contributed by atoms with Crippen LogP contribution in [0.25, 0.3) is 0 Å². The Labute approximate surface area is 109 Å². The number of aromatic nitrogens is 2. The highest BCUT2D eigenvalue weighted by Gasteiger charge is 2.04. The molecule has 0 saturated heterocycles. The van der Waals surface area contributed by atoms with Crippen LogP contribution in [-0.4, -0.2) is 17.1 Å². The molecule has 18 heavy (non-hydrogen) atoms. The number of ether oxygens (including phenoxy) is 1. The van der Waals surface area contributed by atoms with E-state index in [9.17, 15) is 0 Å². The Morgan fingerprint density at radius 1 is 1.22 bits per heavy atom. The second kappa shape index (κ2) is 4.97. The minimum absolute atomic E-state index is 0.110. The first kappa shape index (κ1) is 12.3. The molecule has 7 heteroatoms. The van der Waals surface area contributed by atoms with E-state index < -0.39 is 0 Å². The number of hydrogen-bond donors (Lipinski definition) is 3. The summed E-state index contributed by atoms with van der Waals surface area (Å²) in [5.41, 5.74) is 11.8. The highest BCUT2D eigenvalue weighted by molar-refractivity contribution is 6.32. The van der Waals surface area contributed by atoms with E-state index in [1.807, 2.05) is 0 Å². The zero-order chi connectivity index (χ0) is 13.1. The van der Waals surface area contributed by atoms with Crippen molar-refractivity contribution in [2.75, 3.05) is 23.9 Å². The molecular weight excluding hydrogens is 254 g/mol. The molecule has 0 aliphatic carbocycles. The summed E-state index contributed by atoms with van der Waals surface area (Å²) in [7, 11) is 1.55. The normalized spacial score (nSPS) is 10.1. The van der Waals surface area contributed by atoms with Crippen molar-refractivity contribution in [1.82, 2.24) is 9.97 Å². The van der Waals surface area contributed by atoms with Crippen LogP contribution in [0.5, 0.6) is 5.75 Å². The minimum Gasteiger partial charge on any atom is -0.495 e. The summed E-state index contributed by atoms with van der Waals surface area (Å²) in [6.45, 7) is 0. The van der Waals surface area contributed by atoms with E-state index in [2.05, 4.69) is 15.3 Å². The standard InChI is InChI=1S/C11H12ClN5O/c1-18-8-4-6(2-3-7(8)12)15-10-5-9(13)16-11(14)17-10/h2-5H,1H3,(H5,13,14,15,16,17). The molecule has 5 N–H and O–H groups in total. The van der Waals surface area contributed by atoms with Gasteiger partial charge in [0.05, 0.1) is 12.1 Å². The summed E-state index contributed by atoms with van der Waals surface area (Å²) in [6.07, 6.45) is 0. The lowest BCUT2D eigenvalue weighted by molar-refractivity contribution is 0.415. The summed E-state index contributed by atoms with van der Waals surface area (Å²) in [5, 5.41) is 3.57. The molecular formula is C11H12ClN5O. The van der Waals surface area contributed by atoms with Gasteiger partial charge in [0, 0.05) is 17.8 Å². The van der Waals surface area contributed by atoms with Crippen LogP contribution < -0.4 is 21.5 Å². The molecule has 0 radical (unpaired) electrons. The van der Waals surface area contributed by atoms with Crippen LogP contribution in [-0.2, 0) is 0 Å². The number of nitrogens with zero attached hydrogens (tertiary/aromatic N) is 2. The van der Waals surface area contributed by atoms with Crippen molar-refractivity contribution < 1.29 is 4.74 Å². The lowest BCUT2D eigenvalue weighted by Crippen LogP contribution is -2.03. The number of nitrogen functional groups attached to an aromatic ring is 2. The van der Waals surface area contributed by atoms with Crippen molar-refractivity contribution >= 4 is 34.9 Å². The van der Waals surface area contributed by atoms with Gasteiger partial charge in [-0.3, -0.25) is 0 Å². The number of nitrogens with two attached hydrogens (primary N) is 2. The number of nitrogens with one attached hydrogen (secondary N) is 1. The average Bonchev–Trinajstić information content (AvgIpc) is 2.30. The quantitative estimate of drug-likeness (QED) is 0.785. The fourth-order valence-electron chi connectivity index (χ4n) is 1.43. The maximum atomic E-state index is 5.93. The van der Waals surface area contributed by atoms with E-state index in [0.29, 0.717) is 22.4 Å². The fourth-order valence-corrected chi connectivity index (χ4v) is 1.63. The summed E-state index contributed by atoms with van der Waals surface area (Å²) >= 11 is 5.93. The van der Waals surface area contributed by atoms with Gasteiger partial charge in [0.25, 0.3) is 0 Å². The molecule has 2 rings (SSSR count). The Morgan fingerprint density at radius 3 is 2.67 bits per heavy atom. The number of rotatable bonds is 3. The summed E-state index contributed by atoms with van der Waals surface area (Å²) < 4.78 is 5.12. The highest BCUT2D eigenvalue weighted by atomic mass is 35.5. The third-order valence-electron chi connectivity index (χ3n) is 2.19. The van der Waals surface area contributed by atoms with Crippen molar-refractivity contribution in [2.24, 2.45) is 0 Å². The Bertz CT molecular complexity index is 555. The summed E-state index contributed by atoms with van der Waals surface area (Å²) in [6, 6.07) is 6.84. The molecule has 0 saturated carbocycles. The minimum atomic E-state index is 0.110. The van der Waals surface area contributed by atoms with E-state index in [4.69, 9.17) is 27.8 Å². The second-order valence-electron chi connectivity index (χ2n) is 3.51. The molecule has 0 unspecified atom stereocenters. The van der Waals surface area contributed by atoms with E-state index >= 15 is 0 Å². The van der Waals surface area contributed by atoms with Crippen molar-refractivity contribution in [3.63, 3.8) is 0 Å². The lowest BCUT2D eigenvalue weighted by atomic mass is 10.3. The van der Waals surface area contributed by atoms with Gasteiger partial charge in [-0.05, 0) is 12.1 Å². The second-order valence-corrected chi connectivity index (χ2v) is 3.92. The first-order valence-electron chi connectivity index (χ1n) is 5.09. The topological polar surface area (TPSA) is 99.1 Å². The largest absolute Gasteiger partial charge is 0.495 e. The maximum absolute atomic E-state index is 5.93. The van der Waals surface area contributed by atoms with Crippen LogP contribution in [0.2, 0.25) is 5.02 Å². The molecule has 0 spiro atoms. The third kappa shape index (κ3) is 2.72. The van der Waals surface area contributed by atoms with Crippen LogP contribution >= 0.6 is 11.6 Å². The number of halogens is 1. The predicted molar refractivity (Wildman–Crippen MR) is 72.1 cm³/mol. The molecule has 1 aromatic carbocycles. The zero-order valence-corrected chi connectivity index (χ0v) is 10.4. The van der Waals surface area contributed by atoms with E-state index in [1.165, 1.54) is 0 Å². The molecule has 94 valence electrons. The maximum Gasteiger partial charge on any atom is 0.223 e. The molecule has 0 amide bonds. The van der Waals surface area contributed by atoms with Crippen molar-refractivity contribution in [3.05, 3.63) is 29.3 Å². The average molecular weight is 266 g/mol. The summed E-state index contributed by atoms with van der Waals surface area (Å²) in [4.78, 5) is 7.79. The van der Waals surface area contributed by atoms with Crippen molar-refractivity contribution in [1.29, 1.82) is 0 Å². The molecule has 0 bridgehead atoms. The number of methoxy groups -OCH3 is 1. The zero-order valence-electron chi connectivity index (χ0n) is 9.64. The molecule has 1 heterocycles. The molecule has 6 nitrogen and oxygen atoms in total. The Balaban J connectivity index is 2.28. The Morgan fingerprint density at radius 2 is 2.00 bits per heavy atom. The van der Waals surface area contributed by atoms with Gasteiger partial charge in [0.1, 0.15) is 17.4 Å². The molecule has 0 atom stereocenters. The van der Waals surface area contributed by atoms with Crippen LogP contribution in [0.1, 0.15) is 0 Å². The predicted octanol–water partition coefficient (Wildman–Crippen LogP) is 2.05. The summed E-state index contributed by atoms with van der Waals surface area (Å²) in [5.74, 6) is 1.48. The van der Waals surface area contributed by atoms with Crippen LogP contribution in [0.3, 0.4) is 0 Å². The van der Waals surface area contributed by atoms with Crippen molar-refractivity contribution in [3.8, 4) is 5.75 Å². The monoisotopic (exact) mass is 265 g/mol. The van der Waals surface area contributed by atoms with Crippen LogP contribution in [0.4, 0.5) is 23.3 Å². The number of hydrogen-bond acceptors (Lipinski definition) is 6. The fraction of sp³-hybridized carbons (Fsp3) is 0.0909. The van der Waals surface area contributed by atoms with Gasteiger partial charge in [0.2, 0.25) is 5.95 Å². The SMILES string of the molecule is COc1cc(Nc2cc(N)nc(N)n2)ccc1Cl. The van der Waals surface area contributed by atoms with Gasteiger partial charge >= 0.3 is 0 Å². The molecule has 1 aromatic heterocycles. The molecule has 0 fully saturated rings. The Hall–Kier alpha value is -2.21. The molecule has 2 aromatic rings. The van der Waals surface area contributed by atoms with Gasteiger partial charge in [-0.1, -0.05) is 11.6 Å². The van der Waals surface area contributed by atoms with Crippen molar-refractivity contribution in [2.45, 2.75) is 0 Å². The molecule has 0 aliphatic rings. The van der Waals surface area contributed by atoms with Crippen LogP contribution in [0.15, 0.2) is 24.3 Å². The van der Waals surface area contributed by atoms with Gasteiger partial charge in [-0.15, -0.1) is 0 Å². The van der Waals surface area contributed by atoms with Crippen LogP contribution in [0, 0.1) is 0 Å². The number of anilines is 4. The smallest absolute Gasteiger partial charge is 0.223 e. The molecule has 0 aliphatic heterocycles. The van der Waals surface area contributed by atoms with Gasteiger partial charge in [-0.2, -0.15) is 9.97 Å². The number of benzene rings is 1. The Kier molecular flexibility index (Phi) is 3.38. The van der Waals surface area contributed by atoms with Gasteiger partial charge in [0.15, 0.2) is 0 Å². The third-order valence-corrected chi connectivity index (χ3v) is 2.50.